The summed E-state index contributed by atoms with van der Waals surface area (Å²) in [4.78, 5) is 22.0. The highest BCUT2D eigenvalue weighted by Crippen LogP contribution is 2.22. The lowest BCUT2D eigenvalue weighted by Gasteiger charge is -1.94. The average molecular weight is 264 g/mol. The van der Waals surface area contributed by atoms with Gasteiger partial charge < -0.3 is 9.84 Å². The SMILES string of the molecule is COC(=O)/C=C/c1nn(C(=O)O)c2cccc(F)c12. The normalized spacial score (nSPS) is 11.1. The predicted molar refractivity (Wildman–Crippen MR) is 64.2 cm³/mol. The van der Waals surface area contributed by atoms with Gasteiger partial charge in [-0.15, -0.1) is 0 Å². The van der Waals surface area contributed by atoms with Gasteiger partial charge in [-0.3, -0.25) is 0 Å². The quantitative estimate of drug-likeness (QED) is 0.661. The first kappa shape index (κ1) is 12.7. The largest absolute Gasteiger partial charge is 0.466 e. The Bertz CT molecular complexity index is 690. The fraction of sp³-hybridized carbons (Fsp3) is 0.0833. The molecule has 7 heteroatoms. The van der Waals surface area contributed by atoms with E-state index in [4.69, 9.17) is 5.11 Å². The van der Waals surface area contributed by atoms with Crippen LogP contribution in [0.5, 0.6) is 0 Å². The maximum absolute atomic E-state index is 13.7. The monoisotopic (exact) mass is 264 g/mol. The van der Waals surface area contributed by atoms with Crippen LogP contribution < -0.4 is 0 Å². The minimum absolute atomic E-state index is 0.0325. The fourth-order valence-electron chi connectivity index (χ4n) is 1.63. The van der Waals surface area contributed by atoms with E-state index < -0.39 is 17.9 Å². The van der Waals surface area contributed by atoms with Gasteiger partial charge in [-0.1, -0.05) is 6.07 Å². The number of aromatic nitrogens is 2. The van der Waals surface area contributed by atoms with Gasteiger partial charge in [0.05, 0.1) is 23.7 Å². The van der Waals surface area contributed by atoms with Gasteiger partial charge in [0.1, 0.15) is 5.82 Å². The van der Waals surface area contributed by atoms with Crippen LogP contribution in [-0.2, 0) is 9.53 Å². The number of nitrogens with zero attached hydrogens (tertiary/aromatic N) is 2. The molecule has 1 heterocycles. The molecule has 0 fully saturated rings. The Morgan fingerprint density at radius 3 is 2.84 bits per heavy atom. The third-order valence-electron chi connectivity index (χ3n) is 2.44. The summed E-state index contributed by atoms with van der Waals surface area (Å²) in [6.07, 6.45) is 0.908. The number of benzene rings is 1. The molecule has 2 aromatic rings. The van der Waals surface area contributed by atoms with Crippen LogP contribution in [0, 0.1) is 5.82 Å². The first-order valence-electron chi connectivity index (χ1n) is 5.21. The molecule has 0 atom stereocenters. The fourth-order valence-corrected chi connectivity index (χ4v) is 1.63. The summed E-state index contributed by atoms with van der Waals surface area (Å²) in [5, 5.41) is 12.7. The molecule has 1 N–H and O–H groups in total. The molecule has 2 rings (SSSR count). The zero-order chi connectivity index (χ0) is 14.0. The van der Waals surface area contributed by atoms with Crippen molar-refractivity contribution in [3.8, 4) is 0 Å². The second-order valence-corrected chi connectivity index (χ2v) is 3.57. The number of rotatable bonds is 2. The number of hydrogen-bond acceptors (Lipinski definition) is 4. The van der Waals surface area contributed by atoms with Gasteiger partial charge in [0.25, 0.3) is 0 Å². The molecule has 6 nitrogen and oxygen atoms in total. The van der Waals surface area contributed by atoms with E-state index in [-0.39, 0.29) is 16.6 Å². The van der Waals surface area contributed by atoms with E-state index in [0.29, 0.717) is 4.68 Å². The molecule has 0 spiro atoms. The van der Waals surface area contributed by atoms with E-state index in [0.717, 1.165) is 6.08 Å². The van der Waals surface area contributed by atoms with Crippen molar-refractivity contribution in [1.29, 1.82) is 0 Å². The molecule has 0 bridgehead atoms. The minimum atomic E-state index is -1.34. The first-order valence-corrected chi connectivity index (χ1v) is 5.21. The Hall–Kier alpha value is -2.70. The third-order valence-corrected chi connectivity index (χ3v) is 2.44. The number of hydrogen-bond donors (Lipinski definition) is 1. The van der Waals surface area contributed by atoms with Gasteiger partial charge in [-0.25, -0.2) is 14.0 Å². The number of esters is 1. The lowest BCUT2D eigenvalue weighted by atomic mass is 10.2. The van der Waals surface area contributed by atoms with Gasteiger partial charge in [0, 0.05) is 6.08 Å². The van der Waals surface area contributed by atoms with Crippen LogP contribution in [0.4, 0.5) is 9.18 Å². The van der Waals surface area contributed by atoms with Crippen molar-refractivity contribution >= 4 is 29.0 Å². The molecule has 0 aliphatic rings. The van der Waals surface area contributed by atoms with Gasteiger partial charge in [-0.2, -0.15) is 9.78 Å². The lowest BCUT2D eigenvalue weighted by molar-refractivity contribution is -0.134. The number of ether oxygens (including phenoxy) is 1. The summed E-state index contributed by atoms with van der Waals surface area (Å²) >= 11 is 0. The van der Waals surface area contributed by atoms with Gasteiger partial charge in [0.2, 0.25) is 0 Å². The highest BCUT2D eigenvalue weighted by Gasteiger charge is 2.16. The van der Waals surface area contributed by atoms with E-state index in [9.17, 15) is 14.0 Å². The summed E-state index contributed by atoms with van der Waals surface area (Å²) in [6.45, 7) is 0. The van der Waals surface area contributed by atoms with Crippen LogP contribution in [-0.4, -0.2) is 34.1 Å². The van der Waals surface area contributed by atoms with Crippen molar-refractivity contribution < 1.29 is 23.8 Å². The lowest BCUT2D eigenvalue weighted by Crippen LogP contribution is -2.09. The molecule has 98 valence electrons. The third kappa shape index (κ3) is 2.30. The molecular formula is C12H9FN2O4. The van der Waals surface area contributed by atoms with Crippen molar-refractivity contribution in [3.05, 3.63) is 35.8 Å². The zero-order valence-corrected chi connectivity index (χ0v) is 9.83. The molecule has 0 saturated heterocycles. The Balaban J connectivity index is 2.64. The number of methoxy groups -OCH3 is 1. The molecule has 19 heavy (non-hydrogen) atoms. The first-order chi connectivity index (χ1) is 9.04. The smallest absolute Gasteiger partial charge is 0.432 e. The van der Waals surface area contributed by atoms with E-state index in [2.05, 4.69) is 9.84 Å². The van der Waals surface area contributed by atoms with E-state index in [1.165, 1.54) is 31.4 Å². The Kier molecular flexibility index (Phi) is 3.28. The number of carbonyl (C=O) groups excluding carboxylic acids is 1. The van der Waals surface area contributed by atoms with Crippen LogP contribution >= 0.6 is 0 Å². The van der Waals surface area contributed by atoms with Crippen LogP contribution in [0.25, 0.3) is 17.0 Å². The molecule has 0 radical (unpaired) electrons. The average Bonchev–Trinajstić information content (AvgIpc) is 2.76. The molecule has 0 unspecified atom stereocenters. The van der Waals surface area contributed by atoms with Crippen LogP contribution in [0.2, 0.25) is 0 Å². The standard InChI is InChI=1S/C12H9FN2O4/c1-19-10(16)6-5-8-11-7(13)3-2-4-9(11)15(14-8)12(17)18/h2-6H,1H3,(H,17,18)/b6-5+. The number of carbonyl (C=O) groups is 2. The molecule has 1 aromatic heterocycles. The summed E-state index contributed by atoms with van der Waals surface area (Å²) < 4.78 is 18.8. The number of halogens is 1. The molecule has 0 aliphatic heterocycles. The maximum Gasteiger partial charge on any atom is 0.432 e. The van der Waals surface area contributed by atoms with Crippen molar-refractivity contribution in [1.82, 2.24) is 9.78 Å². The van der Waals surface area contributed by atoms with E-state index in [1.54, 1.807) is 0 Å². The van der Waals surface area contributed by atoms with Crippen LogP contribution in [0.15, 0.2) is 24.3 Å². The Morgan fingerprint density at radius 2 is 2.21 bits per heavy atom. The Labute approximate surface area is 106 Å². The second kappa shape index (κ2) is 4.89. The maximum atomic E-state index is 13.7. The molecule has 1 aromatic carbocycles. The van der Waals surface area contributed by atoms with E-state index in [1.807, 2.05) is 0 Å². The highest BCUT2D eigenvalue weighted by atomic mass is 19.1. The second-order valence-electron chi connectivity index (χ2n) is 3.57. The van der Waals surface area contributed by atoms with E-state index >= 15 is 0 Å². The van der Waals surface area contributed by atoms with Gasteiger partial charge in [0.15, 0.2) is 0 Å². The van der Waals surface area contributed by atoms with Crippen LogP contribution in [0.3, 0.4) is 0 Å². The van der Waals surface area contributed by atoms with Crippen molar-refractivity contribution in [2.75, 3.05) is 7.11 Å². The highest BCUT2D eigenvalue weighted by molar-refractivity contribution is 5.95. The molecule has 0 aliphatic carbocycles. The van der Waals surface area contributed by atoms with Gasteiger partial charge in [-0.05, 0) is 18.2 Å². The van der Waals surface area contributed by atoms with Crippen molar-refractivity contribution in [2.45, 2.75) is 0 Å². The van der Waals surface area contributed by atoms with Crippen molar-refractivity contribution in [2.24, 2.45) is 0 Å². The summed E-state index contributed by atoms with van der Waals surface area (Å²) in [7, 11) is 1.20. The predicted octanol–water partition coefficient (Wildman–Crippen LogP) is 1.89. The number of carboxylic acid groups (broad SMARTS) is 1. The molecule has 0 saturated carbocycles. The molecule has 0 amide bonds. The zero-order valence-electron chi connectivity index (χ0n) is 9.83. The number of fused-ring (bicyclic) bond motifs is 1. The summed E-state index contributed by atoms with van der Waals surface area (Å²) in [5.41, 5.74) is 0.151. The summed E-state index contributed by atoms with van der Waals surface area (Å²) in [5.74, 6) is -1.26. The van der Waals surface area contributed by atoms with Gasteiger partial charge >= 0.3 is 12.1 Å². The minimum Gasteiger partial charge on any atom is -0.466 e. The van der Waals surface area contributed by atoms with Crippen molar-refractivity contribution in [3.63, 3.8) is 0 Å². The summed E-state index contributed by atoms with van der Waals surface area (Å²) in [6, 6.07) is 3.99. The topological polar surface area (TPSA) is 81.4 Å². The Morgan fingerprint density at radius 1 is 1.47 bits per heavy atom. The molecular weight excluding hydrogens is 255 g/mol. The van der Waals surface area contributed by atoms with Crippen LogP contribution in [0.1, 0.15) is 5.69 Å².